The zero-order valence-electron chi connectivity index (χ0n) is 13.1. The van der Waals surface area contributed by atoms with Crippen LogP contribution in [0.15, 0.2) is 23.9 Å². The lowest BCUT2D eigenvalue weighted by molar-refractivity contribution is -0.118. The Kier molecular flexibility index (Phi) is 3.83. The van der Waals surface area contributed by atoms with Crippen molar-refractivity contribution in [2.45, 2.75) is 46.5 Å². The van der Waals surface area contributed by atoms with Crippen LogP contribution in [0.4, 0.5) is 5.82 Å². The van der Waals surface area contributed by atoms with Crippen molar-refractivity contribution in [2.75, 3.05) is 5.32 Å². The monoisotopic (exact) mass is 284 g/mol. The Labute approximate surface area is 126 Å². The summed E-state index contributed by atoms with van der Waals surface area (Å²) in [4.78, 5) is 16.1. The maximum Gasteiger partial charge on any atom is 0.228 e. The predicted octanol–water partition coefficient (Wildman–Crippen LogP) is 4.27. The third-order valence-corrected chi connectivity index (χ3v) is 4.91. The maximum atomic E-state index is 11.7. The Morgan fingerprint density at radius 1 is 1.33 bits per heavy atom. The molecular formula is C18H24N2O. The van der Waals surface area contributed by atoms with Gasteiger partial charge in [0.15, 0.2) is 0 Å². The summed E-state index contributed by atoms with van der Waals surface area (Å²) in [6.07, 6.45) is 7.24. The van der Waals surface area contributed by atoms with E-state index in [0.29, 0.717) is 5.82 Å². The van der Waals surface area contributed by atoms with Crippen molar-refractivity contribution in [3.05, 3.63) is 29.5 Å². The van der Waals surface area contributed by atoms with Crippen LogP contribution in [0.5, 0.6) is 0 Å². The van der Waals surface area contributed by atoms with Crippen molar-refractivity contribution in [2.24, 2.45) is 17.8 Å². The largest absolute Gasteiger partial charge is 0.310 e. The molecule has 3 nitrogen and oxygen atoms in total. The molecule has 0 aliphatic heterocycles. The highest BCUT2D eigenvalue weighted by Gasteiger charge is 2.36. The first-order valence-electron chi connectivity index (χ1n) is 8.03. The van der Waals surface area contributed by atoms with Crippen LogP contribution >= 0.6 is 0 Å². The van der Waals surface area contributed by atoms with Crippen molar-refractivity contribution >= 4 is 17.3 Å². The lowest BCUT2D eigenvalue weighted by atomic mass is 9.91. The molecule has 0 saturated heterocycles. The number of rotatable bonds is 3. The normalized spacial score (nSPS) is 24.6. The molecule has 2 aliphatic rings. The molecule has 0 spiro atoms. The molecule has 1 N–H and O–H groups in total. The number of pyridine rings is 1. The molecule has 2 unspecified atom stereocenters. The molecule has 2 atom stereocenters. The lowest BCUT2D eigenvalue weighted by Gasteiger charge is -2.15. The van der Waals surface area contributed by atoms with Gasteiger partial charge in [-0.25, -0.2) is 4.98 Å². The number of anilines is 1. The summed E-state index contributed by atoms with van der Waals surface area (Å²) in [5, 5.41) is 2.85. The number of allylic oxidation sites excluding steroid dienone is 2. The van der Waals surface area contributed by atoms with E-state index >= 15 is 0 Å². The number of fused-ring (bicyclic) bond motifs is 1. The van der Waals surface area contributed by atoms with Gasteiger partial charge in [0.25, 0.3) is 0 Å². The van der Waals surface area contributed by atoms with E-state index in [0.717, 1.165) is 11.8 Å². The van der Waals surface area contributed by atoms with E-state index in [-0.39, 0.29) is 11.8 Å². The summed E-state index contributed by atoms with van der Waals surface area (Å²) in [5.74, 6) is 2.24. The highest BCUT2D eigenvalue weighted by atomic mass is 16.1. The fourth-order valence-corrected chi connectivity index (χ4v) is 3.84. The van der Waals surface area contributed by atoms with E-state index < -0.39 is 0 Å². The fourth-order valence-electron chi connectivity index (χ4n) is 3.84. The number of amides is 1. The van der Waals surface area contributed by atoms with Crippen LogP contribution in [0.1, 0.15) is 52.0 Å². The number of nitrogens with one attached hydrogen (secondary N) is 1. The molecular weight excluding hydrogens is 260 g/mol. The minimum Gasteiger partial charge on any atom is -0.310 e. The number of nitrogens with zero attached hydrogens (tertiary/aromatic N) is 1. The highest BCUT2D eigenvalue weighted by Crippen LogP contribution is 2.50. The van der Waals surface area contributed by atoms with E-state index in [1.807, 2.05) is 26.1 Å². The highest BCUT2D eigenvalue weighted by molar-refractivity contribution is 5.91. The van der Waals surface area contributed by atoms with E-state index in [2.05, 4.69) is 23.3 Å². The quantitative estimate of drug-likeness (QED) is 0.900. The van der Waals surface area contributed by atoms with Gasteiger partial charge in [-0.15, -0.1) is 0 Å². The van der Waals surface area contributed by atoms with Gasteiger partial charge >= 0.3 is 0 Å². The van der Waals surface area contributed by atoms with Crippen LogP contribution in [-0.2, 0) is 4.79 Å². The van der Waals surface area contributed by atoms with Crippen LogP contribution in [0, 0.1) is 17.8 Å². The molecule has 0 radical (unpaired) electrons. The Morgan fingerprint density at radius 3 is 2.81 bits per heavy atom. The Balaban J connectivity index is 1.78. The molecule has 1 heterocycles. The molecule has 3 heteroatoms. The minimum absolute atomic E-state index is 0.0161. The molecule has 0 aromatic carbocycles. The molecule has 1 aromatic heterocycles. The van der Waals surface area contributed by atoms with Gasteiger partial charge in [-0.3, -0.25) is 4.79 Å². The standard InChI is InChI=1S/C18H24N2O/c1-11(2)18(21)20-16-8-7-14(10-19-16)17-12(3)9-13-5-4-6-15(13)17/h7-8,10-11,13,15H,4-6,9H2,1-3H3,(H,19,20,21). The van der Waals surface area contributed by atoms with Crippen molar-refractivity contribution in [3.63, 3.8) is 0 Å². The zero-order chi connectivity index (χ0) is 15.0. The van der Waals surface area contributed by atoms with Crippen molar-refractivity contribution in [1.29, 1.82) is 0 Å². The number of aromatic nitrogens is 1. The van der Waals surface area contributed by atoms with Gasteiger partial charge in [0.2, 0.25) is 5.91 Å². The zero-order valence-corrected chi connectivity index (χ0v) is 13.1. The van der Waals surface area contributed by atoms with Gasteiger partial charge in [0.05, 0.1) is 0 Å². The predicted molar refractivity (Wildman–Crippen MR) is 85.7 cm³/mol. The number of hydrogen-bond acceptors (Lipinski definition) is 2. The van der Waals surface area contributed by atoms with Gasteiger partial charge in [0.1, 0.15) is 5.82 Å². The van der Waals surface area contributed by atoms with Gasteiger partial charge in [-0.2, -0.15) is 0 Å². The van der Waals surface area contributed by atoms with Gasteiger partial charge in [0, 0.05) is 12.1 Å². The molecule has 1 fully saturated rings. The van der Waals surface area contributed by atoms with E-state index in [1.165, 1.54) is 42.4 Å². The second kappa shape index (κ2) is 5.63. The smallest absolute Gasteiger partial charge is 0.228 e. The van der Waals surface area contributed by atoms with E-state index in [1.54, 1.807) is 0 Å². The summed E-state index contributed by atoms with van der Waals surface area (Å²) in [5.41, 5.74) is 4.29. The first-order chi connectivity index (χ1) is 10.1. The Morgan fingerprint density at radius 2 is 2.14 bits per heavy atom. The molecule has 0 bridgehead atoms. The number of carbonyl (C=O) groups excluding carboxylic acids is 1. The Bertz CT molecular complexity index is 571. The Hall–Kier alpha value is -1.64. The van der Waals surface area contributed by atoms with Crippen LogP contribution in [-0.4, -0.2) is 10.9 Å². The maximum absolute atomic E-state index is 11.7. The second-order valence-corrected chi connectivity index (χ2v) is 6.77. The van der Waals surface area contributed by atoms with Crippen LogP contribution in [0.2, 0.25) is 0 Å². The third kappa shape index (κ3) is 2.74. The average Bonchev–Trinajstić information content (AvgIpc) is 2.99. The first-order valence-corrected chi connectivity index (χ1v) is 8.03. The van der Waals surface area contributed by atoms with Gasteiger partial charge < -0.3 is 5.32 Å². The number of hydrogen-bond donors (Lipinski definition) is 1. The van der Waals surface area contributed by atoms with Crippen molar-refractivity contribution < 1.29 is 4.79 Å². The lowest BCUT2D eigenvalue weighted by Crippen LogP contribution is -2.18. The third-order valence-electron chi connectivity index (χ3n) is 4.91. The molecule has 1 amide bonds. The average molecular weight is 284 g/mol. The molecule has 112 valence electrons. The topological polar surface area (TPSA) is 42.0 Å². The molecule has 3 rings (SSSR count). The molecule has 1 saturated carbocycles. The number of carbonyl (C=O) groups is 1. The summed E-state index contributed by atoms with van der Waals surface area (Å²) in [6, 6.07) is 4.04. The summed E-state index contributed by atoms with van der Waals surface area (Å²) >= 11 is 0. The van der Waals surface area contributed by atoms with Gasteiger partial charge in [-0.1, -0.05) is 25.8 Å². The van der Waals surface area contributed by atoms with Crippen molar-refractivity contribution in [3.8, 4) is 0 Å². The molecule has 1 aromatic rings. The summed E-state index contributed by atoms with van der Waals surface area (Å²) < 4.78 is 0. The van der Waals surface area contributed by atoms with Crippen LogP contribution in [0.25, 0.3) is 5.57 Å². The van der Waals surface area contributed by atoms with Gasteiger partial charge in [-0.05, 0) is 61.3 Å². The minimum atomic E-state index is -0.0227. The van der Waals surface area contributed by atoms with Crippen LogP contribution in [0.3, 0.4) is 0 Å². The summed E-state index contributed by atoms with van der Waals surface area (Å²) in [6.45, 7) is 6.04. The molecule has 2 aliphatic carbocycles. The molecule has 21 heavy (non-hydrogen) atoms. The SMILES string of the molecule is CC1=C(c2ccc(NC(=O)C(C)C)nc2)C2CCCC2C1. The van der Waals surface area contributed by atoms with Crippen molar-refractivity contribution in [1.82, 2.24) is 4.98 Å². The second-order valence-electron chi connectivity index (χ2n) is 6.77. The fraction of sp³-hybridized carbons (Fsp3) is 0.556. The summed E-state index contributed by atoms with van der Waals surface area (Å²) in [7, 11) is 0. The van der Waals surface area contributed by atoms with E-state index in [4.69, 9.17) is 0 Å². The first kappa shape index (κ1) is 14.3. The van der Waals surface area contributed by atoms with E-state index in [9.17, 15) is 4.79 Å². The van der Waals surface area contributed by atoms with Crippen LogP contribution < -0.4 is 5.32 Å².